The van der Waals surface area contributed by atoms with Crippen molar-refractivity contribution in [2.75, 3.05) is 52.9 Å². The summed E-state index contributed by atoms with van der Waals surface area (Å²) in [4.78, 5) is 4.97. The van der Waals surface area contributed by atoms with Gasteiger partial charge >= 0.3 is 0 Å². The van der Waals surface area contributed by atoms with E-state index in [1.807, 2.05) is 0 Å². The molecule has 4 nitrogen and oxygen atoms in total. The van der Waals surface area contributed by atoms with Crippen LogP contribution in [0.3, 0.4) is 0 Å². The number of ether oxygens (including phenoxy) is 1. The van der Waals surface area contributed by atoms with Crippen LogP contribution in [0.25, 0.3) is 0 Å². The zero-order chi connectivity index (χ0) is 15.9. The topological polar surface area (TPSA) is 27.7 Å². The van der Waals surface area contributed by atoms with E-state index in [9.17, 15) is 0 Å². The molecule has 2 aliphatic heterocycles. The van der Waals surface area contributed by atoms with Gasteiger partial charge in [-0.15, -0.1) is 0 Å². The molecule has 128 valence electrons. The minimum absolute atomic E-state index is 0.366. The zero-order valence-corrected chi connectivity index (χ0v) is 14.4. The summed E-state index contributed by atoms with van der Waals surface area (Å²) in [6, 6.07) is 11.5. The molecule has 0 aliphatic carbocycles. The molecular weight excluding hydrogens is 286 g/mol. The molecule has 2 aliphatic rings. The maximum absolute atomic E-state index is 5.83. The van der Waals surface area contributed by atoms with Gasteiger partial charge in [0, 0.05) is 32.2 Å². The van der Waals surface area contributed by atoms with Gasteiger partial charge in [-0.25, -0.2) is 0 Å². The number of nitrogens with zero attached hydrogens (tertiary/aromatic N) is 2. The summed E-state index contributed by atoms with van der Waals surface area (Å²) in [7, 11) is 2.18. The Balaban J connectivity index is 1.31. The molecule has 0 aromatic heterocycles. The Hall–Kier alpha value is -0.940. The first-order valence-corrected chi connectivity index (χ1v) is 9.09. The van der Waals surface area contributed by atoms with Gasteiger partial charge in [0.1, 0.15) is 0 Å². The second-order valence-electron chi connectivity index (χ2n) is 7.01. The molecule has 23 heavy (non-hydrogen) atoms. The standard InChI is InChI=1S/C19H31N3O/c1-21-13-14-23-19(16-21)15-20-18-8-11-22(12-9-18)10-7-17-5-3-2-4-6-17/h2-6,18-20H,7-16H2,1H3. The lowest BCUT2D eigenvalue weighted by Crippen LogP contribution is -2.49. The van der Waals surface area contributed by atoms with Crippen LogP contribution in [0.2, 0.25) is 0 Å². The van der Waals surface area contributed by atoms with E-state index in [1.165, 1.54) is 44.5 Å². The molecule has 0 spiro atoms. The third kappa shape index (κ3) is 5.57. The van der Waals surface area contributed by atoms with E-state index in [-0.39, 0.29) is 0 Å². The van der Waals surface area contributed by atoms with Crippen LogP contribution in [-0.4, -0.2) is 74.9 Å². The van der Waals surface area contributed by atoms with E-state index < -0.39 is 0 Å². The van der Waals surface area contributed by atoms with E-state index in [1.54, 1.807) is 0 Å². The number of benzene rings is 1. The van der Waals surface area contributed by atoms with Gasteiger partial charge < -0.3 is 19.9 Å². The van der Waals surface area contributed by atoms with Crippen molar-refractivity contribution in [1.29, 1.82) is 0 Å². The second-order valence-corrected chi connectivity index (χ2v) is 7.01. The van der Waals surface area contributed by atoms with Crippen molar-refractivity contribution in [2.45, 2.75) is 31.4 Å². The summed E-state index contributed by atoms with van der Waals surface area (Å²) < 4.78 is 5.83. The van der Waals surface area contributed by atoms with Crippen LogP contribution in [0.1, 0.15) is 18.4 Å². The largest absolute Gasteiger partial charge is 0.374 e. The molecule has 4 heteroatoms. The number of likely N-dealkylation sites (tertiary alicyclic amines) is 1. The molecule has 1 atom stereocenters. The van der Waals surface area contributed by atoms with Crippen LogP contribution in [0.5, 0.6) is 0 Å². The van der Waals surface area contributed by atoms with Crippen LogP contribution in [0, 0.1) is 0 Å². The Morgan fingerprint density at radius 1 is 1.13 bits per heavy atom. The number of piperidine rings is 1. The van der Waals surface area contributed by atoms with Crippen molar-refractivity contribution in [3.05, 3.63) is 35.9 Å². The van der Waals surface area contributed by atoms with E-state index in [2.05, 4.69) is 52.5 Å². The molecule has 2 saturated heterocycles. The number of hydrogen-bond acceptors (Lipinski definition) is 4. The summed E-state index contributed by atoms with van der Waals surface area (Å²) in [6.45, 7) is 7.62. The lowest BCUT2D eigenvalue weighted by molar-refractivity contribution is -0.0201. The first-order valence-electron chi connectivity index (χ1n) is 9.09. The van der Waals surface area contributed by atoms with Crippen molar-refractivity contribution in [2.24, 2.45) is 0 Å². The van der Waals surface area contributed by atoms with Crippen molar-refractivity contribution in [1.82, 2.24) is 15.1 Å². The molecule has 3 rings (SSSR count). The smallest absolute Gasteiger partial charge is 0.0826 e. The first kappa shape index (κ1) is 16.9. The van der Waals surface area contributed by atoms with Gasteiger partial charge in [-0.1, -0.05) is 30.3 Å². The molecule has 1 aromatic rings. The predicted octanol–water partition coefficient (Wildman–Crippen LogP) is 1.61. The molecule has 0 radical (unpaired) electrons. The summed E-state index contributed by atoms with van der Waals surface area (Å²) in [5.41, 5.74) is 1.45. The van der Waals surface area contributed by atoms with E-state index in [0.717, 1.165) is 26.2 Å². The molecular formula is C19H31N3O. The normalized spacial score (nSPS) is 24.8. The highest BCUT2D eigenvalue weighted by Crippen LogP contribution is 2.12. The Labute approximate surface area is 140 Å². The molecule has 1 unspecified atom stereocenters. The number of hydrogen-bond donors (Lipinski definition) is 1. The van der Waals surface area contributed by atoms with Crippen molar-refractivity contribution in [3.8, 4) is 0 Å². The van der Waals surface area contributed by atoms with Gasteiger partial charge in [0.25, 0.3) is 0 Å². The summed E-state index contributed by atoms with van der Waals surface area (Å²) in [5.74, 6) is 0. The van der Waals surface area contributed by atoms with Gasteiger partial charge in [0.2, 0.25) is 0 Å². The Bertz CT molecular complexity index is 445. The lowest BCUT2D eigenvalue weighted by atomic mass is 10.0. The van der Waals surface area contributed by atoms with E-state index in [4.69, 9.17) is 4.74 Å². The van der Waals surface area contributed by atoms with Crippen LogP contribution >= 0.6 is 0 Å². The maximum Gasteiger partial charge on any atom is 0.0826 e. The molecule has 0 bridgehead atoms. The van der Waals surface area contributed by atoms with Gasteiger partial charge in [0.05, 0.1) is 12.7 Å². The number of likely N-dealkylation sites (N-methyl/N-ethyl adjacent to an activating group) is 1. The highest BCUT2D eigenvalue weighted by atomic mass is 16.5. The van der Waals surface area contributed by atoms with Gasteiger partial charge in [-0.05, 0) is 45.0 Å². The highest BCUT2D eigenvalue weighted by Gasteiger charge is 2.22. The average molecular weight is 317 g/mol. The Kier molecular flexibility index (Phi) is 6.46. The van der Waals surface area contributed by atoms with Crippen LogP contribution in [0.15, 0.2) is 30.3 Å². The summed E-state index contributed by atoms with van der Waals surface area (Å²) >= 11 is 0. The predicted molar refractivity (Wildman–Crippen MR) is 94.8 cm³/mol. The summed E-state index contributed by atoms with van der Waals surface area (Å²) in [5, 5.41) is 3.73. The quantitative estimate of drug-likeness (QED) is 0.863. The molecule has 0 saturated carbocycles. The summed E-state index contributed by atoms with van der Waals surface area (Å²) in [6.07, 6.45) is 4.06. The van der Waals surface area contributed by atoms with E-state index >= 15 is 0 Å². The number of rotatable bonds is 6. The third-order valence-electron chi connectivity index (χ3n) is 5.12. The fourth-order valence-electron chi connectivity index (χ4n) is 3.58. The molecule has 0 amide bonds. The third-order valence-corrected chi connectivity index (χ3v) is 5.12. The number of nitrogens with one attached hydrogen (secondary N) is 1. The Morgan fingerprint density at radius 2 is 1.91 bits per heavy atom. The lowest BCUT2D eigenvalue weighted by Gasteiger charge is -2.35. The molecule has 1 N–H and O–H groups in total. The minimum Gasteiger partial charge on any atom is -0.374 e. The van der Waals surface area contributed by atoms with Crippen molar-refractivity contribution >= 4 is 0 Å². The van der Waals surface area contributed by atoms with Crippen molar-refractivity contribution < 1.29 is 4.74 Å². The van der Waals surface area contributed by atoms with Crippen molar-refractivity contribution in [3.63, 3.8) is 0 Å². The maximum atomic E-state index is 5.83. The second kappa shape index (κ2) is 8.78. The molecule has 2 fully saturated rings. The zero-order valence-electron chi connectivity index (χ0n) is 14.4. The van der Waals surface area contributed by atoms with Gasteiger partial charge in [-0.3, -0.25) is 0 Å². The van der Waals surface area contributed by atoms with Crippen LogP contribution < -0.4 is 5.32 Å². The van der Waals surface area contributed by atoms with Gasteiger partial charge in [0.15, 0.2) is 0 Å². The SMILES string of the molecule is CN1CCOC(CNC2CCN(CCc3ccccc3)CC2)C1. The fraction of sp³-hybridized carbons (Fsp3) is 0.684. The minimum atomic E-state index is 0.366. The molecule has 2 heterocycles. The van der Waals surface area contributed by atoms with Crippen LogP contribution in [0.4, 0.5) is 0 Å². The first-order chi connectivity index (χ1) is 11.3. The van der Waals surface area contributed by atoms with E-state index in [0.29, 0.717) is 12.1 Å². The van der Waals surface area contributed by atoms with Gasteiger partial charge in [-0.2, -0.15) is 0 Å². The van der Waals surface area contributed by atoms with Crippen LogP contribution in [-0.2, 0) is 11.2 Å². The monoisotopic (exact) mass is 317 g/mol. The Morgan fingerprint density at radius 3 is 2.65 bits per heavy atom. The molecule has 1 aromatic carbocycles. The average Bonchev–Trinajstić information content (AvgIpc) is 2.60. The fourth-order valence-corrected chi connectivity index (χ4v) is 3.58. The number of morpholine rings is 1. The highest BCUT2D eigenvalue weighted by molar-refractivity contribution is 5.14.